The van der Waals surface area contributed by atoms with Crippen molar-refractivity contribution in [2.24, 2.45) is 0 Å². The summed E-state index contributed by atoms with van der Waals surface area (Å²) in [7, 11) is 0. The molecule has 2 aromatic carbocycles. The van der Waals surface area contributed by atoms with Gasteiger partial charge in [0.15, 0.2) is 5.15 Å². The zero-order valence-corrected chi connectivity index (χ0v) is 15.1. The Bertz CT molecular complexity index is 856. The van der Waals surface area contributed by atoms with E-state index in [0.717, 1.165) is 16.8 Å². The summed E-state index contributed by atoms with van der Waals surface area (Å²) in [6, 6.07) is 21.1. The Morgan fingerprint density at radius 1 is 1.00 bits per heavy atom. The van der Waals surface area contributed by atoms with E-state index in [2.05, 4.69) is 15.5 Å². The van der Waals surface area contributed by atoms with Gasteiger partial charge in [-0.1, -0.05) is 71.9 Å². The molecule has 25 heavy (non-hydrogen) atoms. The van der Waals surface area contributed by atoms with Gasteiger partial charge in [-0.2, -0.15) is 0 Å². The fraction of sp³-hybridized carbons (Fsp3) is 0.105. The summed E-state index contributed by atoms with van der Waals surface area (Å²) < 4.78 is 0. The number of carbonyl (C=O) groups is 1. The van der Waals surface area contributed by atoms with Crippen molar-refractivity contribution in [1.29, 1.82) is 0 Å². The fourth-order valence-corrected chi connectivity index (χ4v) is 3.16. The molecule has 4 nitrogen and oxygen atoms in total. The van der Waals surface area contributed by atoms with Crippen molar-refractivity contribution < 1.29 is 4.79 Å². The quantitative estimate of drug-likeness (QED) is 0.649. The molecule has 1 unspecified atom stereocenters. The molecule has 126 valence electrons. The van der Waals surface area contributed by atoms with Crippen molar-refractivity contribution in [3.63, 3.8) is 0 Å². The average molecular weight is 370 g/mol. The van der Waals surface area contributed by atoms with Gasteiger partial charge in [-0.3, -0.25) is 4.79 Å². The Balaban J connectivity index is 1.74. The zero-order valence-electron chi connectivity index (χ0n) is 13.5. The SMILES string of the molecule is CC(Sc1ccc(Cl)nn1)C(=O)Nc1ccccc1-c1ccccc1. The van der Waals surface area contributed by atoms with Crippen LogP contribution >= 0.6 is 23.4 Å². The molecule has 1 heterocycles. The molecule has 6 heteroatoms. The number of thioether (sulfide) groups is 1. The van der Waals surface area contributed by atoms with E-state index in [4.69, 9.17) is 11.6 Å². The van der Waals surface area contributed by atoms with Crippen LogP contribution in [0.2, 0.25) is 5.15 Å². The normalized spacial score (nSPS) is 11.8. The second-order valence-corrected chi connectivity index (χ2v) is 7.10. The largest absolute Gasteiger partial charge is 0.325 e. The van der Waals surface area contributed by atoms with Crippen molar-refractivity contribution in [2.45, 2.75) is 17.2 Å². The number of hydrogen-bond acceptors (Lipinski definition) is 4. The van der Waals surface area contributed by atoms with Crippen LogP contribution in [0.1, 0.15) is 6.92 Å². The number of hydrogen-bond donors (Lipinski definition) is 1. The highest BCUT2D eigenvalue weighted by molar-refractivity contribution is 8.00. The van der Waals surface area contributed by atoms with Gasteiger partial charge < -0.3 is 5.32 Å². The summed E-state index contributed by atoms with van der Waals surface area (Å²) in [5.41, 5.74) is 2.83. The van der Waals surface area contributed by atoms with Crippen LogP contribution in [0, 0.1) is 0 Å². The third-order valence-electron chi connectivity index (χ3n) is 3.54. The van der Waals surface area contributed by atoms with Gasteiger partial charge in [0.2, 0.25) is 5.91 Å². The average Bonchev–Trinajstić information content (AvgIpc) is 2.64. The predicted octanol–water partition coefficient (Wildman–Crippen LogP) is 4.92. The maximum Gasteiger partial charge on any atom is 0.237 e. The molecular formula is C19H16ClN3OS. The number of nitrogens with zero attached hydrogens (tertiary/aromatic N) is 2. The van der Waals surface area contributed by atoms with E-state index >= 15 is 0 Å². The highest BCUT2D eigenvalue weighted by atomic mass is 35.5. The Morgan fingerprint density at radius 3 is 2.44 bits per heavy atom. The fourth-order valence-electron chi connectivity index (χ4n) is 2.30. The first-order valence-corrected chi connectivity index (χ1v) is 9.00. The van der Waals surface area contributed by atoms with Gasteiger partial charge in [-0.25, -0.2) is 0 Å². The smallest absolute Gasteiger partial charge is 0.237 e. The molecule has 3 rings (SSSR count). The molecule has 0 saturated carbocycles. The van der Waals surface area contributed by atoms with Gasteiger partial charge in [-0.05, 0) is 30.7 Å². The maximum atomic E-state index is 12.6. The summed E-state index contributed by atoms with van der Waals surface area (Å²) in [5, 5.41) is 11.4. The van der Waals surface area contributed by atoms with Crippen LogP contribution in [-0.2, 0) is 4.79 Å². The molecule has 0 aliphatic carbocycles. The van der Waals surface area contributed by atoms with Gasteiger partial charge in [-0.15, -0.1) is 10.2 Å². The molecule has 3 aromatic rings. The molecule has 0 saturated heterocycles. The number of halogens is 1. The van der Waals surface area contributed by atoms with Gasteiger partial charge in [0, 0.05) is 11.3 Å². The third kappa shape index (κ3) is 4.59. The number of benzene rings is 2. The van der Waals surface area contributed by atoms with Crippen molar-refractivity contribution in [2.75, 3.05) is 5.32 Å². The Labute approximate surface area is 155 Å². The number of nitrogens with one attached hydrogen (secondary N) is 1. The minimum absolute atomic E-state index is 0.0925. The van der Waals surface area contributed by atoms with Gasteiger partial charge in [0.25, 0.3) is 0 Å². The van der Waals surface area contributed by atoms with E-state index in [9.17, 15) is 4.79 Å². The molecule has 0 aliphatic rings. The molecule has 1 atom stereocenters. The van der Waals surface area contributed by atoms with Crippen molar-refractivity contribution in [3.05, 3.63) is 71.9 Å². The van der Waals surface area contributed by atoms with E-state index in [1.165, 1.54) is 11.8 Å². The summed E-state index contributed by atoms with van der Waals surface area (Å²) in [6.45, 7) is 1.83. The summed E-state index contributed by atoms with van der Waals surface area (Å²) in [6.07, 6.45) is 0. The molecule has 0 spiro atoms. The molecule has 0 bridgehead atoms. The Kier molecular flexibility index (Phi) is 5.68. The number of aromatic nitrogens is 2. The van der Waals surface area contributed by atoms with Crippen molar-refractivity contribution in [3.8, 4) is 11.1 Å². The minimum atomic E-state index is -0.320. The molecule has 1 N–H and O–H groups in total. The lowest BCUT2D eigenvalue weighted by molar-refractivity contribution is -0.115. The predicted molar refractivity (Wildman–Crippen MR) is 103 cm³/mol. The minimum Gasteiger partial charge on any atom is -0.325 e. The topological polar surface area (TPSA) is 54.9 Å². The lowest BCUT2D eigenvalue weighted by Crippen LogP contribution is -2.22. The first-order chi connectivity index (χ1) is 12.1. The number of rotatable bonds is 5. The Hall–Kier alpha value is -2.37. The Morgan fingerprint density at radius 2 is 1.72 bits per heavy atom. The first kappa shape index (κ1) is 17.5. The monoisotopic (exact) mass is 369 g/mol. The molecular weight excluding hydrogens is 354 g/mol. The zero-order chi connectivity index (χ0) is 17.6. The molecule has 1 aromatic heterocycles. The van der Waals surface area contributed by atoms with E-state index < -0.39 is 0 Å². The van der Waals surface area contributed by atoms with Crippen LogP contribution in [0.5, 0.6) is 0 Å². The standard InChI is InChI=1S/C19H16ClN3OS/c1-13(25-18-12-11-17(20)22-23-18)19(24)21-16-10-6-5-9-15(16)14-7-3-2-4-8-14/h2-13H,1H3,(H,21,24). The third-order valence-corrected chi connectivity index (χ3v) is 4.77. The maximum absolute atomic E-state index is 12.6. The lowest BCUT2D eigenvalue weighted by atomic mass is 10.0. The van der Waals surface area contributed by atoms with Crippen LogP contribution in [0.15, 0.2) is 71.8 Å². The van der Waals surface area contributed by atoms with Crippen LogP contribution < -0.4 is 5.32 Å². The van der Waals surface area contributed by atoms with Crippen LogP contribution in [-0.4, -0.2) is 21.4 Å². The number of amides is 1. The number of anilines is 1. The highest BCUT2D eigenvalue weighted by Crippen LogP contribution is 2.29. The van der Waals surface area contributed by atoms with Gasteiger partial charge in [0.05, 0.1) is 5.25 Å². The van der Waals surface area contributed by atoms with Gasteiger partial charge in [0.1, 0.15) is 5.03 Å². The summed E-state index contributed by atoms with van der Waals surface area (Å²) >= 11 is 7.07. The van der Waals surface area contributed by atoms with Crippen LogP contribution in [0.3, 0.4) is 0 Å². The number of carbonyl (C=O) groups excluding carboxylic acids is 1. The lowest BCUT2D eigenvalue weighted by Gasteiger charge is -2.14. The van der Waals surface area contributed by atoms with Crippen molar-refractivity contribution in [1.82, 2.24) is 10.2 Å². The van der Waals surface area contributed by atoms with E-state index in [-0.39, 0.29) is 11.2 Å². The summed E-state index contributed by atoms with van der Waals surface area (Å²) in [5.74, 6) is -0.0925. The van der Waals surface area contributed by atoms with E-state index in [1.807, 2.05) is 61.5 Å². The molecule has 0 aliphatic heterocycles. The summed E-state index contributed by atoms with van der Waals surface area (Å²) in [4.78, 5) is 12.6. The van der Waals surface area contributed by atoms with Crippen molar-refractivity contribution >= 4 is 35.0 Å². The highest BCUT2D eigenvalue weighted by Gasteiger charge is 2.17. The van der Waals surface area contributed by atoms with Gasteiger partial charge >= 0.3 is 0 Å². The second-order valence-electron chi connectivity index (χ2n) is 5.36. The molecule has 0 fully saturated rings. The van der Waals surface area contributed by atoms with Crippen LogP contribution in [0.25, 0.3) is 11.1 Å². The van der Waals surface area contributed by atoms with E-state index in [0.29, 0.717) is 10.2 Å². The first-order valence-electron chi connectivity index (χ1n) is 7.74. The number of para-hydroxylation sites is 1. The second kappa shape index (κ2) is 8.14. The molecule has 0 radical (unpaired) electrons. The molecule has 1 amide bonds. The van der Waals surface area contributed by atoms with Crippen LogP contribution in [0.4, 0.5) is 5.69 Å². The van der Waals surface area contributed by atoms with E-state index in [1.54, 1.807) is 12.1 Å².